The van der Waals surface area contributed by atoms with Crippen LogP contribution in [-0.2, 0) is 6.61 Å². The van der Waals surface area contributed by atoms with E-state index in [1.165, 1.54) is 6.20 Å². The topological polar surface area (TPSA) is 78.2 Å². The van der Waals surface area contributed by atoms with E-state index < -0.39 is 0 Å². The third-order valence-electron chi connectivity index (χ3n) is 2.77. The molecule has 0 radical (unpaired) electrons. The number of hydrogen-bond donors (Lipinski definition) is 0. The lowest BCUT2D eigenvalue weighted by atomic mass is 10.1. The smallest absolute Gasteiger partial charge is 0.278 e. The van der Waals surface area contributed by atoms with Crippen LogP contribution in [0, 0.1) is 24.0 Å². The Morgan fingerprint density at radius 1 is 1.37 bits per heavy atom. The second kappa shape index (κ2) is 5.43. The second-order valence-corrected chi connectivity index (χ2v) is 4.10. The molecular weight excluding hydrogens is 246 g/mol. The molecule has 0 amide bonds. The lowest BCUT2D eigenvalue weighted by Crippen LogP contribution is -2.05. The molecule has 0 saturated heterocycles. The van der Waals surface area contributed by atoms with Gasteiger partial charge in [-0.25, -0.2) is 0 Å². The Bertz CT molecular complexity index is 600. The lowest BCUT2D eigenvalue weighted by Gasteiger charge is -2.09. The van der Waals surface area contributed by atoms with E-state index in [2.05, 4.69) is 9.97 Å². The molecule has 0 aliphatic carbocycles. The van der Waals surface area contributed by atoms with Crippen LogP contribution in [0.4, 0.5) is 5.69 Å². The third-order valence-corrected chi connectivity index (χ3v) is 2.77. The Hall–Kier alpha value is -2.50. The summed E-state index contributed by atoms with van der Waals surface area (Å²) in [5.41, 5.74) is 1.74. The zero-order valence-corrected chi connectivity index (χ0v) is 10.7. The first-order valence-electron chi connectivity index (χ1n) is 5.72. The van der Waals surface area contributed by atoms with Gasteiger partial charge in [0.05, 0.1) is 22.4 Å². The molecule has 0 fully saturated rings. The van der Waals surface area contributed by atoms with E-state index in [4.69, 9.17) is 4.74 Å². The Morgan fingerprint density at radius 2 is 2.16 bits per heavy atom. The van der Waals surface area contributed by atoms with Crippen LogP contribution in [0.2, 0.25) is 0 Å². The highest BCUT2D eigenvalue weighted by molar-refractivity contribution is 5.47. The van der Waals surface area contributed by atoms with Gasteiger partial charge in [-0.15, -0.1) is 0 Å². The molecule has 98 valence electrons. The summed E-state index contributed by atoms with van der Waals surface area (Å²) in [6, 6.07) is 3.53. The van der Waals surface area contributed by atoms with Crippen molar-refractivity contribution in [1.82, 2.24) is 9.97 Å². The van der Waals surface area contributed by atoms with Crippen LogP contribution in [0.3, 0.4) is 0 Å². The molecule has 0 unspecified atom stereocenters. The highest BCUT2D eigenvalue weighted by Gasteiger charge is 2.18. The molecule has 0 atom stereocenters. The van der Waals surface area contributed by atoms with Gasteiger partial charge in [0.25, 0.3) is 5.69 Å². The molecule has 6 heteroatoms. The molecule has 0 saturated carbocycles. The monoisotopic (exact) mass is 259 g/mol. The van der Waals surface area contributed by atoms with Crippen molar-refractivity contribution in [2.75, 3.05) is 0 Å². The number of aryl methyl sites for hydroxylation is 1. The molecular formula is C13H13N3O3. The normalized spacial score (nSPS) is 10.2. The van der Waals surface area contributed by atoms with Crippen molar-refractivity contribution in [2.24, 2.45) is 0 Å². The molecule has 0 N–H and O–H groups in total. The highest BCUT2D eigenvalue weighted by atomic mass is 16.6. The molecule has 0 aromatic carbocycles. The van der Waals surface area contributed by atoms with E-state index in [1.54, 1.807) is 38.4 Å². The van der Waals surface area contributed by atoms with Crippen molar-refractivity contribution >= 4 is 5.69 Å². The molecule has 0 aliphatic rings. The molecule has 6 nitrogen and oxygen atoms in total. The van der Waals surface area contributed by atoms with Crippen molar-refractivity contribution in [2.45, 2.75) is 20.5 Å². The van der Waals surface area contributed by atoms with Gasteiger partial charge in [0.2, 0.25) is 0 Å². The molecule has 0 bridgehead atoms. The number of aromatic nitrogens is 2. The van der Waals surface area contributed by atoms with Crippen LogP contribution in [0.25, 0.3) is 0 Å². The molecule has 2 aromatic heterocycles. The summed E-state index contributed by atoms with van der Waals surface area (Å²) < 4.78 is 5.50. The molecule has 0 aliphatic heterocycles. The Balaban J connectivity index is 2.22. The van der Waals surface area contributed by atoms with E-state index in [0.717, 1.165) is 0 Å². The van der Waals surface area contributed by atoms with Gasteiger partial charge in [0.1, 0.15) is 12.4 Å². The van der Waals surface area contributed by atoms with Crippen LogP contribution < -0.4 is 4.74 Å². The van der Waals surface area contributed by atoms with Crippen molar-refractivity contribution in [3.05, 3.63) is 57.7 Å². The SMILES string of the molecule is Cc1cnc(COc2cccnc2)c(C)c1[N+](=O)[O-]. The average Bonchev–Trinajstić information content (AvgIpc) is 2.38. The fraction of sp³-hybridized carbons (Fsp3) is 0.231. The van der Waals surface area contributed by atoms with Crippen LogP contribution >= 0.6 is 0 Å². The number of pyridine rings is 2. The van der Waals surface area contributed by atoms with Gasteiger partial charge in [-0.05, 0) is 26.0 Å². The summed E-state index contributed by atoms with van der Waals surface area (Å²) in [6.45, 7) is 3.53. The van der Waals surface area contributed by atoms with Crippen molar-refractivity contribution < 1.29 is 9.66 Å². The fourth-order valence-electron chi connectivity index (χ4n) is 1.78. The zero-order valence-electron chi connectivity index (χ0n) is 10.7. The number of rotatable bonds is 4. The Kier molecular flexibility index (Phi) is 3.70. The number of nitrogens with zero attached hydrogens (tertiary/aromatic N) is 3. The lowest BCUT2D eigenvalue weighted by molar-refractivity contribution is -0.386. The van der Waals surface area contributed by atoms with E-state index in [1.807, 2.05) is 0 Å². The molecule has 2 rings (SSSR count). The maximum absolute atomic E-state index is 11.0. The minimum Gasteiger partial charge on any atom is -0.486 e. The third kappa shape index (κ3) is 2.85. The second-order valence-electron chi connectivity index (χ2n) is 4.10. The molecule has 2 aromatic rings. The van der Waals surface area contributed by atoms with Crippen molar-refractivity contribution in [3.8, 4) is 5.75 Å². The number of hydrogen-bond acceptors (Lipinski definition) is 5. The van der Waals surface area contributed by atoms with Gasteiger partial charge < -0.3 is 4.74 Å². The first-order valence-corrected chi connectivity index (χ1v) is 5.72. The summed E-state index contributed by atoms with van der Waals surface area (Å²) >= 11 is 0. The Labute approximate surface area is 110 Å². The largest absolute Gasteiger partial charge is 0.486 e. The summed E-state index contributed by atoms with van der Waals surface area (Å²) in [6.07, 6.45) is 4.72. The minimum atomic E-state index is -0.389. The van der Waals surface area contributed by atoms with Crippen LogP contribution in [0.5, 0.6) is 5.75 Å². The van der Waals surface area contributed by atoms with Crippen LogP contribution in [0.15, 0.2) is 30.7 Å². The minimum absolute atomic E-state index is 0.0970. The fourth-order valence-corrected chi connectivity index (χ4v) is 1.78. The Morgan fingerprint density at radius 3 is 2.79 bits per heavy atom. The van der Waals surface area contributed by atoms with Crippen LogP contribution in [0.1, 0.15) is 16.8 Å². The van der Waals surface area contributed by atoms with Gasteiger partial charge in [0, 0.05) is 18.0 Å². The zero-order chi connectivity index (χ0) is 13.8. The first-order chi connectivity index (χ1) is 9.09. The molecule has 19 heavy (non-hydrogen) atoms. The maximum Gasteiger partial charge on any atom is 0.278 e. The van der Waals surface area contributed by atoms with Gasteiger partial charge in [-0.3, -0.25) is 20.1 Å². The molecule has 0 spiro atoms. The molecule has 2 heterocycles. The van der Waals surface area contributed by atoms with Gasteiger partial charge in [-0.2, -0.15) is 0 Å². The van der Waals surface area contributed by atoms with E-state index in [-0.39, 0.29) is 17.2 Å². The van der Waals surface area contributed by atoms with Crippen molar-refractivity contribution in [1.29, 1.82) is 0 Å². The van der Waals surface area contributed by atoms with E-state index in [9.17, 15) is 10.1 Å². The average molecular weight is 259 g/mol. The quantitative estimate of drug-likeness (QED) is 0.622. The maximum atomic E-state index is 11.0. The predicted molar refractivity (Wildman–Crippen MR) is 68.9 cm³/mol. The first kappa shape index (κ1) is 12.9. The van der Waals surface area contributed by atoms with E-state index in [0.29, 0.717) is 22.6 Å². The van der Waals surface area contributed by atoms with Crippen LogP contribution in [-0.4, -0.2) is 14.9 Å². The van der Waals surface area contributed by atoms with E-state index >= 15 is 0 Å². The standard InChI is InChI=1S/C13H13N3O3/c1-9-6-15-12(10(2)13(9)16(17)18)8-19-11-4-3-5-14-7-11/h3-7H,8H2,1-2H3. The van der Waals surface area contributed by atoms with Gasteiger partial charge in [-0.1, -0.05) is 0 Å². The summed E-state index contributed by atoms with van der Waals surface area (Å²) in [4.78, 5) is 18.7. The van der Waals surface area contributed by atoms with Gasteiger partial charge in [0.15, 0.2) is 0 Å². The highest BCUT2D eigenvalue weighted by Crippen LogP contribution is 2.24. The predicted octanol–water partition coefficient (Wildman–Crippen LogP) is 2.58. The summed E-state index contributed by atoms with van der Waals surface area (Å²) in [7, 11) is 0. The number of nitro groups is 1. The van der Waals surface area contributed by atoms with Crippen molar-refractivity contribution in [3.63, 3.8) is 0 Å². The van der Waals surface area contributed by atoms with Gasteiger partial charge >= 0.3 is 0 Å². The summed E-state index contributed by atoms with van der Waals surface area (Å²) in [5, 5.41) is 11.0. The number of ether oxygens (including phenoxy) is 1. The summed E-state index contributed by atoms with van der Waals surface area (Å²) in [5.74, 6) is 0.604.